The Morgan fingerprint density at radius 3 is 2.94 bits per heavy atom. The number of carbonyl (C=O) groups excluding carboxylic acids is 1. The van der Waals surface area contributed by atoms with Crippen molar-refractivity contribution in [3.05, 3.63) is 5.82 Å². The first-order chi connectivity index (χ1) is 7.59. The van der Waals surface area contributed by atoms with Crippen LogP contribution >= 0.6 is 0 Å². The van der Waals surface area contributed by atoms with Crippen LogP contribution < -0.4 is 11.1 Å². The summed E-state index contributed by atoms with van der Waals surface area (Å²) in [6.45, 7) is 1.81. The highest BCUT2D eigenvalue weighted by molar-refractivity contribution is 5.77. The molecule has 0 saturated heterocycles. The summed E-state index contributed by atoms with van der Waals surface area (Å²) < 4.78 is 0. The van der Waals surface area contributed by atoms with Gasteiger partial charge in [0.1, 0.15) is 0 Å². The van der Waals surface area contributed by atoms with Gasteiger partial charge in [-0.1, -0.05) is 5.21 Å². The molecule has 0 radical (unpaired) electrons. The quantitative estimate of drug-likeness (QED) is 0.647. The normalized spacial score (nSPS) is 19.9. The molecule has 16 heavy (non-hydrogen) atoms. The van der Waals surface area contributed by atoms with Gasteiger partial charge in [0.2, 0.25) is 5.91 Å². The van der Waals surface area contributed by atoms with Crippen LogP contribution in [0.5, 0.6) is 0 Å². The Kier molecular flexibility index (Phi) is 2.86. The van der Waals surface area contributed by atoms with E-state index in [9.17, 15) is 4.79 Å². The van der Waals surface area contributed by atoms with Gasteiger partial charge in [-0.25, -0.2) is 0 Å². The number of H-pyrrole nitrogens is 1. The number of nitrogens with two attached hydrogens (primary N) is 1. The van der Waals surface area contributed by atoms with E-state index in [1.54, 1.807) is 0 Å². The number of hydrogen-bond acceptors (Lipinski definition) is 5. The lowest BCUT2D eigenvalue weighted by molar-refractivity contribution is -0.123. The van der Waals surface area contributed by atoms with E-state index in [1.807, 2.05) is 6.92 Å². The minimum Gasteiger partial charge on any atom is -0.346 e. The zero-order chi connectivity index (χ0) is 11.6. The number of aromatic amines is 1. The third-order valence-corrected chi connectivity index (χ3v) is 2.99. The van der Waals surface area contributed by atoms with Gasteiger partial charge >= 0.3 is 0 Å². The number of tetrazole rings is 1. The van der Waals surface area contributed by atoms with Crippen molar-refractivity contribution in [1.29, 1.82) is 0 Å². The Hall–Kier alpha value is -1.50. The summed E-state index contributed by atoms with van der Waals surface area (Å²) in [6, 6.07) is -0.241. The predicted molar refractivity (Wildman–Crippen MR) is 56.1 cm³/mol. The molecule has 7 nitrogen and oxygen atoms in total. The monoisotopic (exact) mass is 224 g/mol. The molecule has 1 fully saturated rings. The van der Waals surface area contributed by atoms with Gasteiger partial charge in [0.25, 0.3) is 0 Å². The predicted octanol–water partition coefficient (Wildman–Crippen LogP) is -0.352. The van der Waals surface area contributed by atoms with Crippen LogP contribution in [-0.2, 0) is 4.79 Å². The van der Waals surface area contributed by atoms with Crippen LogP contribution in [0, 0.1) is 0 Å². The van der Waals surface area contributed by atoms with E-state index >= 15 is 0 Å². The van der Waals surface area contributed by atoms with E-state index in [0.29, 0.717) is 12.2 Å². The summed E-state index contributed by atoms with van der Waals surface area (Å²) in [5.41, 5.74) is 5.70. The van der Waals surface area contributed by atoms with Crippen LogP contribution in [0.15, 0.2) is 0 Å². The summed E-state index contributed by atoms with van der Waals surface area (Å²) in [7, 11) is 0. The van der Waals surface area contributed by atoms with Crippen LogP contribution in [0.4, 0.5) is 0 Å². The van der Waals surface area contributed by atoms with E-state index in [-0.39, 0.29) is 17.5 Å². The van der Waals surface area contributed by atoms with Gasteiger partial charge in [0, 0.05) is 12.0 Å². The molecular formula is C9H16N6O. The lowest BCUT2D eigenvalue weighted by atomic mass is 9.75. The molecule has 1 unspecified atom stereocenters. The van der Waals surface area contributed by atoms with Gasteiger partial charge in [-0.2, -0.15) is 5.21 Å². The maximum absolute atomic E-state index is 11.7. The van der Waals surface area contributed by atoms with Gasteiger partial charge in [0.05, 0.1) is 6.04 Å². The largest absolute Gasteiger partial charge is 0.346 e. The first kappa shape index (κ1) is 11.0. The number of nitrogens with one attached hydrogen (secondary N) is 2. The first-order valence-electron chi connectivity index (χ1n) is 5.41. The summed E-state index contributed by atoms with van der Waals surface area (Å²) >= 11 is 0. The summed E-state index contributed by atoms with van der Waals surface area (Å²) in [5.74, 6) is 0.424. The molecule has 0 aliphatic heterocycles. The van der Waals surface area contributed by atoms with E-state index in [0.717, 1.165) is 19.3 Å². The standard InChI is InChI=1S/C9H16N6O/c1-6(8-12-14-15-13-8)11-7(16)5-9(10)3-2-4-9/h6H,2-5,10H2,1H3,(H,11,16)(H,12,13,14,15). The highest BCUT2D eigenvalue weighted by Gasteiger charge is 2.35. The molecule has 1 atom stereocenters. The van der Waals surface area contributed by atoms with Gasteiger partial charge in [0.15, 0.2) is 5.82 Å². The van der Waals surface area contributed by atoms with E-state index in [2.05, 4.69) is 25.9 Å². The number of amides is 1. The van der Waals surface area contributed by atoms with Gasteiger partial charge in [-0.15, -0.1) is 10.2 Å². The molecule has 2 rings (SSSR count). The molecule has 1 aromatic rings. The number of aromatic nitrogens is 4. The van der Waals surface area contributed by atoms with Crippen molar-refractivity contribution in [2.45, 2.75) is 44.2 Å². The average molecular weight is 224 g/mol. The number of carbonyl (C=O) groups is 1. The maximum atomic E-state index is 11.7. The Labute approximate surface area is 93.2 Å². The molecule has 0 aromatic carbocycles. The molecule has 4 N–H and O–H groups in total. The minimum atomic E-state index is -0.291. The summed E-state index contributed by atoms with van der Waals surface area (Å²) in [5, 5.41) is 16.2. The fourth-order valence-electron chi connectivity index (χ4n) is 1.84. The number of nitrogens with zero attached hydrogens (tertiary/aromatic N) is 3. The summed E-state index contributed by atoms with van der Waals surface area (Å²) in [6.07, 6.45) is 3.34. The highest BCUT2D eigenvalue weighted by atomic mass is 16.1. The maximum Gasteiger partial charge on any atom is 0.222 e. The molecule has 7 heteroatoms. The molecule has 1 saturated carbocycles. The lowest BCUT2D eigenvalue weighted by Crippen LogP contribution is -2.50. The Balaban J connectivity index is 1.83. The van der Waals surface area contributed by atoms with E-state index < -0.39 is 0 Å². The molecule has 1 aromatic heterocycles. The van der Waals surface area contributed by atoms with Crippen LogP contribution in [0.3, 0.4) is 0 Å². The molecular weight excluding hydrogens is 208 g/mol. The van der Waals surface area contributed by atoms with Crippen molar-refractivity contribution < 1.29 is 4.79 Å². The zero-order valence-corrected chi connectivity index (χ0v) is 9.23. The van der Waals surface area contributed by atoms with Crippen molar-refractivity contribution in [1.82, 2.24) is 25.9 Å². The van der Waals surface area contributed by atoms with Gasteiger partial charge in [-0.05, 0) is 26.2 Å². The third kappa shape index (κ3) is 2.35. The first-order valence-corrected chi connectivity index (χ1v) is 5.41. The summed E-state index contributed by atoms with van der Waals surface area (Å²) in [4.78, 5) is 11.7. The van der Waals surface area contributed by atoms with Gasteiger partial charge in [-0.3, -0.25) is 4.79 Å². The van der Waals surface area contributed by atoms with Crippen LogP contribution in [0.2, 0.25) is 0 Å². The molecule has 1 aliphatic rings. The minimum absolute atomic E-state index is 0.0560. The Bertz CT molecular complexity index is 358. The average Bonchev–Trinajstić information content (AvgIpc) is 2.67. The lowest BCUT2D eigenvalue weighted by Gasteiger charge is -2.37. The highest BCUT2D eigenvalue weighted by Crippen LogP contribution is 2.32. The fraction of sp³-hybridized carbons (Fsp3) is 0.778. The fourth-order valence-corrected chi connectivity index (χ4v) is 1.84. The third-order valence-electron chi connectivity index (χ3n) is 2.99. The van der Waals surface area contributed by atoms with Crippen LogP contribution in [-0.4, -0.2) is 32.1 Å². The van der Waals surface area contributed by atoms with Gasteiger partial charge < -0.3 is 11.1 Å². The van der Waals surface area contributed by atoms with Crippen LogP contribution in [0.1, 0.15) is 44.5 Å². The molecule has 1 heterocycles. The smallest absolute Gasteiger partial charge is 0.222 e. The van der Waals surface area contributed by atoms with E-state index in [4.69, 9.17) is 5.73 Å². The Morgan fingerprint density at radius 1 is 1.69 bits per heavy atom. The topological polar surface area (TPSA) is 110 Å². The van der Waals surface area contributed by atoms with Crippen molar-refractivity contribution in [3.8, 4) is 0 Å². The molecule has 88 valence electrons. The zero-order valence-electron chi connectivity index (χ0n) is 9.23. The Morgan fingerprint density at radius 2 is 2.44 bits per heavy atom. The van der Waals surface area contributed by atoms with Crippen molar-refractivity contribution in [2.75, 3.05) is 0 Å². The molecule has 1 amide bonds. The number of rotatable bonds is 4. The second-order valence-electron chi connectivity index (χ2n) is 4.45. The second kappa shape index (κ2) is 4.17. The second-order valence-corrected chi connectivity index (χ2v) is 4.45. The van der Waals surface area contributed by atoms with Crippen molar-refractivity contribution in [2.24, 2.45) is 5.73 Å². The van der Waals surface area contributed by atoms with Crippen molar-refractivity contribution in [3.63, 3.8) is 0 Å². The molecule has 0 bridgehead atoms. The molecule has 0 spiro atoms. The van der Waals surface area contributed by atoms with E-state index in [1.165, 1.54) is 0 Å². The van der Waals surface area contributed by atoms with Crippen molar-refractivity contribution >= 4 is 5.91 Å². The van der Waals surface area contributed by atoms with Crippen LogP contribution in [0.25, 0.3) is 0 Å². The SMILES string of the molecule is CC(NC(=O)CC1(N)CCC1)c1nn[nH]n1. The molecule has 1 aliphatic carbocycles. The number of hydrogen-bond donors (Lipinski definition) is 3.